The minimum atomic E-state index is -0.640. The van der Waals surface area contributed by atoms with Gasteiger partial charge in [0.2, 0.25) is 5.91 Å². The average Bonchev–Trinajstić information content (AvgIpc) is 2.53. The summed E-state index contributed by atoms with van der Waals surface area (Å²) in [7, 11) is 0. The van der Waals surface area contributed by atoms with E-state index in [0.717, 1.165) is 10.9 Å². The molecule has 0 spiro atoms. The Morgan fingerprint density at radius 3 is 2.55 bits per heavy atom. The number of nitrogens with zero attached hydrogens (tertiary/aromatic N) is 2. The molecule has 0 aliphatic carbocycles. The topological polar surface area (TPSA) is 68.9 Å². The zero-order valence-corrected chi connectivity index (χ0v) is 12.3. The van der Waals surface area contributed by atoms with Gasteiger partial charge in [0.25, 0.3) is 0 Å². The number of carbonyl (C=O) groups excluding carboxylic acids is 1. The van der Waals surface area contributed by atoms with Gasteiger partial charge in [-0.2, -0.15) is 0 Å². The molecule has 2 N–H and O–H groups in total. The summed E-state index contributed by atoms with van der Waals surface area (Å²) in [4.78, 5) is 20.2. The molecule has 6 heteroatoms. The largest absolute Gasteiger partial charge is 0.368 e. The van der Waals surface area contributed by atoms with Crippen LogP contribution in [0.5, 0.6) is 0 Å². The number of carbonyl (C=O) groups is 1. The van der Waals surface area contributed by atoms with E-state index in [9.17, 15) is 9.18 Å². The number of hydrogen-bond donors (Lipinski definition) is 1. The monoisotopic (exact) mass is 313 g/mol. The van der Waals surface area contributed by atoms with E-state index in [1.807, 2.05) is 24.3 Å². The molecule has 22 heavy (non-hydrogen) atoms. The van der Waals surface area contributed by atoms with Crippen molar-refractivity contribution in [3.63, 3.8) is 0 Å². The van der Waals surface area contributed by atoms with Gasteiger partial charge in [0.15, 0.2) is 0 Å². The maximum absolute atomic E-state index is 13.0. The Morgan fingerprint density at radius 2 is 1.82 bits per heavy atom. The van der Waals surface area contributed by atoms with Crippen molar-refractivity contribution in [3.8, 4) is 0 Å². The number of amides is 1. The second kappa shape index (κ2) is 6.11. The first-order chi connectivity index (χ1) is 10.6. The third kappa shape index (κ3) is 2.92. The van der Waals surface area contributed by atoms with E-state index in [1.165, 1.54) is 30.2 Å². The molecule has 0 aliphatic rings. The van der Waals surface area contributed by atoms with Crippen LogP contribution in [0.4, 0.5) is 4.39 Å². The Balaban J connectivity index is 2.00. The van der Waals surface area contributed by atoms with Gasteiger partial charge < -0.3 is 5.73 Å². The van der Waals surface area contributed by atoms with E-state index in [-0.39, 0.29) is 5.82 Å². The summed E-state index contributed by atoms with van der Waals surface area (Å²) in [6, 6.07) is 13.3. The molecule has 1 atom stereocenters. The maximum atomic E-state index is 13.0. The van der Waals surface area contributed by atoms with E-state index < -0.39 is 11.2 Å². The van der Waals surface area contributed by atoms with Crippen LogP contribution in [0.3, 0.4) is 0 Å². The fourth-order valence-corrected chi connectivity index (χ4v) is 3.15. The number of primary amides is 1. The molecule has 0 saturated carbocycles. The minimum Gasteiger partial charge on any atom is -0.368 e. The Morgan fingerprint density at radius 1 is 1.09 bits per heavy atom. The van der Waals surface area contributed by atoms with Crippen molar-refractivity contribution in [2.45, 2.75) is 10.3 Å². The summed E-state index contributed by atoms with van der Waals surface area (Å²) in [5.41, 5.74) is 6.94. The standard InChI is InChI=1S/C16H12FN3OS/c17-11-7-5-10(6-8-11)14(15(18)21)22-16-12-3-1-2-4-13(12)19-9-20-16/h1-9,14H,(H2,18,21). The minimum absolute atomic E-state index is 0.357. The van der Waals surface area contributed by atoms with Crippen molar-refractivity contribution in [1.29, 1.82) is 0 Å². The Kier molecular flexibility index (Phi) is 4.02. The predicted molar refractivity (Wildman–Crippen MR) is 83.7 cm³/mol. The lowest BCUT2D eigenvalue weighted by molar-refractivity contribution is -0.117. The number of aromatic nitrogens is 2. The number of hydrogen-bond acceptors (Lipinski definition) is 4. The zero-order chi connectivity index (χ0) is 15.5. The Labute approximate surface area is 130 Å². The van der Waals surface area contributed by atoms with Crippen molar-refractivity contribution in [2.75, 3.05) is 0 Å². The Bertz CT molecular complexity index is 818. The van der Waals surface area contributed by atoms with Crippen LogP contribution in [-0.4, -0.2) is 15.9 Å². The smallest absolute Gasteiger partial charge is 0.235 e. The van der Waals surface area contributed by atoms with E-state index in [1.54, 1.807) is 12.1 Å². The van der Waals surface area contributed by atoms with Crippen LogP contribution in [0.2, 0.25) is 0 Å². The third-order valence-electron chi connectivity index (χ3n) is 3.17. The van der Waals surface area contributed by atoms with Crippen molar-refractivity contribution in [3.05, 3.63) is 66.2 Å². The number of fused-ring (bicyclic) bond motifs is 1. The predicted octanol–water partition coefficient (Wildman–Crippen LogP) is 3.09. The van der Waals surface area contributed by atoms with E-state index in [0.29, 0.717) is 10.6 Å². The Hall–Kier alpha value is -2.47. The molecule has 4 nitrogen and oxygen atoms in total. The normalized spacial score (nSPS) is 12.2. The number of halogens is 1. The molecule has 0 fully saturated rings. The second-order valence-corrected chi connectivity index (χ2v) is 5.74. The summed E-state index contributed by atoms with van der Waals surface area (Å²) in [6.45, 7) is 0. The molecular weight excluding hydrogens is 301 g/mol. The van der Waals surface area contributed by atoms with Gasteiger partial charge in [-0.1, -0.05) is 42.1 Å². The number of rotatable bonds is 4. The highest BCUT2D eigenvalue weighted by Gasteiger charge is 2.21. The van der Waals surface area contributed by atoms with Crippen LogP contribution in [0.25, 0.3) is 10.9 Å². The van der Waals surface area contributed by atoms with Crippen molar-refractivity contribution in [2.24, 2.45) is 5.73 Å². The van der Waals surface area contributed by atoms with Crippen LogP contribution in [0.1, 0.15) is 10.8 Å². The number of benzene rings is 2. The lowest BCUT2D eigenvalue weighted by Crippen LogP contribution is -2.19. The van der Waals surface area contributed by atoms with Crippen LogP contribution in [0.15, 0.2) is 59.9 Å². The van der Waals surface area contributed by atoms with Crippen LogP contribution in [-0.2, 0) is 4.79 Å². The van der Waals surface area contributed by atoms with E-state index in [2.05, 4.69) is 9.97 Å². The van der Waals surface area contributed by atoms with Gasteiger partial charge in [-0.25, -0.2) is 14.4 Å². The molecule has 2 aromatic carbocycles. The molecule has 1 aromatic heterocycles. The fraction of sp³-hybridized carbons (Fsp3) is 0.0625. The third-order valence-corrected chi connectivity index (χ3v) is 4.46. The molecule has 3 aromatic rings. The number of nitrogens with two attached hydrogens (primary N) is 1. The van der Waals surface area contributed by atoms with Crippen LogP contribution in [0, 0.1) is 5.82 Å². The average molecular weight is 313 g/mol. The summed E-state index contributed by atoms with van der Waals surface area (Å²) < 4.78 is 13.0. The van der Waals surface area contributed by atoms with Gasteiger partial charge in [-0.15, -0.1) is 0 Å². The van der Waals surface area contributed by atoms with Crippen molar-refractivity contribution >= 4 is 28.6 Å². The quantitative estimate of drug-likeness (QED) is 0.593. The lowest BCUT2D eigenvalue weighted by Gasteiger charge is -2.14. The highest BCUT2D eigenvalue weighted by atomic mass is 32.2. The van der Waals surface area contributed by atoms with Gasteiger partial charge in [0, 0.05) is 5.39 Å². The first-order valence-electron chi connectivity index (χ1n) is 6.56. The second-order valence-electron chi connectivity index (χ2n) is 4.65. The van der Waals surface area contributed by atoms with Crippen molar-refractivity contribution < 1.29 is 9.18 Å². The van der Waals surface area contributed by atoms with Crippen LogP contribution >= 0.6 is 11.8 Å². The molecule has 3 rings (SSSR count). The SMILES string of the molecule is NC(=O)C(Sc1ncnc2ccccc12)c1ccc(F)cc1. The number of thioether (sulfide) groups is 1. The van der Waals surface area contributed by atoms with Gasteiger partial charge in [-0.3, -0.25) is 4.79 Å². The molecule has 0 radical (unpaired) electrons. The lowest BCUT2D eigenvalue weighted by atomic mass is 10.1. The summed E-state index contributed by atoms with van der Waals surface area (Å²) in [5.74, 6) is -0.858. The first-order valence-corrected chi connectivity index (χ1v) is 7.44. The molecule has 0 aliphatic heterocycles. The molecule has 1 unspecified atom stereocenters. The highest BCUT2D eigenvalue weighted by molar-refractivity contribution is 8.00. The molecule has 110 valence electrons. The van der Waals surface area contributed by atoms with E-state index >= 15 is 0 Å². The zero-order valence-electron chi connectivity index (χ0n) is 11.4. The summed E-state index contributed by atoms with van der Waals surface area (Å²) in [6.07, 6.45) is 1.45. The van der Waals surface area contributed by atoms with Gasteiger partial charge in [0.1, 0.15) is 22.4 Å². The molecule has 0 bridgehead atoms. The summed E-state index contributed by atoms with van der Waals surface area (Å²) >= 11 is 1.24. The number of para-hydroxylation sites is 1. The van der Waals surface area contributed by atoms with Gasteiger partial charge >= 0.3 is 0 Å². The molecule has 1 heterocycles. The van der Waals surface area contributed by atoms with Gasteiger partial charge in [-0.05, 0) is 23.8 Å². The maximum Gasteiger partial charge on any atom is 0.235 e. The molecule has 1 amide bonds. The van der Waals surface area contributed by atoms with E-state index in [4.69, 9.17) is 5.73 Å². The van der Waals surface area contributed by atoms with Crippen LogP contribution < -0.4 is 5.73 Å². The summed E-state index contributed by atoms with van der Waals surface area (Å²) in [5, 5.41) is 0.876. The first kappa shape index (κ1) is 14.5. The highest BCUT2D eigenvalue weighted by Crippen LogP contribution is 2.36. The molecule has 0 saturated heterocycles. The fourth-order valence-electron chi connectivity index (χ4n) is 2.11. The van der Waals surface area contributed by atoms with Crippen molar-refractivity contribution in [1.82, 2.24) is 9.97 Å². The van der Waals surface area contributed by atoms with Gasteiger partial charge in [0.05, 0.1) is 5.52 Å². The molecular formula is C16H12FN3OS.